The van der Waals surface area contributed by atoms with Crippen molar-refractivity contribution in [2.24, 2.45) is 0 Å². The first-order chi connectivity index (χ1) is 14.3. The Morgan fingerprint density at radius 2 is 1.33 bits per heavy atom. The second kappa shape index (κ2) is 17.3. The number of aliphatic carboxylic acids is 1. The molecule has 0 fully saturated rings. The van der Waals surface area contributed by atoms with Crippen LogP contribution in [0.5, 0.6) is 0 Å². The number of hydrogen-bond donors (Lipinski definition) is 1. The molecule has 2 unspecified atom stereocenters. The maximum Gasteiger partial charge on any atom is 0.114 e. The van der Waals surface area contributed by atoms with Gasteiger partial charge < -0.3 is 19.5 Å². The highest BCUT2D eigenvalue weighted by Gasteiger charge is 2.27. The first-order valence-corrected chi connectivity index (χ1v) is 12.0. The van der Waals surface area contributed by atoms with E-state index in [1.165, 1.54) is 82.7 Å². The average Bonchev–Trinajstić information content (AvgIpc) is 2.73. The maximum atomic E-state index is 9.34. The standard InChI is InChI=1S/C23H42N.C3H6O3/c1-5-7-8-9-10-11-12-13-14-18-21-23(24(3,4)6-2)22-19-16-15-17-20-22;1-2(4)3(5)6/h15-17,19-20,23H,5-14,18,21H2,1-4H3;2,4H,1H3,(H,5,6)/q+1;/p-1. The zero-order valence-electron chi connectivity index (χ0n) is 20.2. The maximum absolute atomic E-state index is 9.34. The monoisotopic (exact) mass is 421 g/mol. The summed E-state index contributed by atoms with van der Waals surface area (Å²) < 4.78 is 1.10. The molecule has 0 heterocycles. The molecule has 0 aliphatic rings. The summed E-state index contributed by atoms with van der Waals surface area (Å²) in [7, 11) is 4.77. The Morgan fingerprint density at radius 1 is 0.900 bits per heavy atom. The summed E-state index contributed by atoms with van der Waals surface area (Å²) in [5.41, 5.74) is 1.51. The predicted molar refractivity (Wildman–Crippen MR) is 125 cm³/mol. The number of benzene rings is 1. The molecule has 0 aliphatic heterocycles. The van der Waals surface area contributed by atoms with Gasteiger partial charge >= 0.3 is 0 Å². The van der Waals surface area contributed by atoms with Crippen molar-refractivity contribution >= 4 is 5.97 Å². The topological polar surface area (TPSA) is 60.4 Å². The van der Waals surface area contributed by atoms with Gasteiger partial charge in [-0.3, -0.25) is 0 Å². The van der Waals surface area contributed by atoms with E-state index >= 15 is 0 Å². The summed E-state index contributed by atoms with van der Waals surface area (Å²) >= 11 is 0. The normalized spacial score (nSPS) is 13.3. The van der Waals surface area contributed by atoms with Crippen LogP contribution in [0.15, 0.2) is 30.3 Å². The Bertz CT molecular complexity index is 528. The van der Waals surface area contributed by atoms with Crippen molar-refractivity contribution in [3.63, 3.8) is 0 Å². The number of rotatable bonds is 15. The van der Waals surface area contributed by atoms with Gasteiger partial charge in [-0.1, -0.05) is 95.0 Å². The zero-order chi connectivity index (χ0) is 22.8. The Balaban J connectivity index is 0.00000122. The minimum atomic E-state index is -1.44. The summed E-state index contributed by atoms with van der Waals surface area (Å²) in [6.45, 7) is 6.93. The molecule has 1 aromatic rings. The van der Waals surface area contributed by atoms with Crippen molar-refractivity contribution < 1.29 is 19.5 Å². The highest BCUT2D eigenvalue weighted by Crippen LogP contribution is 2.30. The molecule has 0 saturated carbocycles. The quantitative estimate of drug-likeness (QED) is 0.311. The van der Waals surface area contributed by atoms with Gasteiger partial charge in [0.15, 0.2) is 0 Å². The third-order valence-electron chi connectivity index (χ3n) is 6.02. The molecular formula is C26H47NO3. The van der Waals surface area contributed by atoms with E-state index in [1.807, 2.05) is 0 Å². The third kappa shape index (κ3) is 13.8. The number of carbonyl (C=O) groups excluding carboxylic acids is 1. The summed E-state index contributed by atoms with van der Waals surface area (Å²) in [4.78, 5) is 9.34. The molecule has 0 bridgehead atoms. The number of carboxylic acids is 1. The van der Waals surface area contributed by atoms with Gasteiger partial charge in [-0.2, -0.15) is 0 Å². The van der Waals surface area contributed by atoms with E-state index in [0.717, 1.165) is 11.4 Å². The Morgan fingerprint density at radius 3 is 1.73 bits per heavy atom. The smallest absolute Gasteiger partial charge is 0.114 e. The number of aliphatic hydroxyl groups is 1. The van der Waals surface area contributed by atoms with Gasteiger partial charge in [0.1, 0.15) is 6.04 Å². The van der Waals surface area contributed by atoms with Crippen molar-refractivity contribution in [3.8, 4) is 0 Å². The van der Waals surface area contributed by atoms with Gasteiger partial charge in [0, 0.05) is 12.0 Å². The summed E-state index contributed by atoms with van der Waals surface area (Å²) in [5.74, 6) is -1.44. The molecule has 0 spiro atoms. The van der Waals surface area contributed by atoms with Gasteiger partial charge in [-0.25, -0.2) is 0 Å². The van der Waals surface area contributed by atoms with Crippen molar-refractivity contribution in [1.82, 2.24) is 0 Å². The molecule has 4 nitrogen and oxygen atoms in total. The highest BCUT2D eigenvalue weighted by molar-refractivity contribution is 5.68. The molecule has 2 atom stereocenters. The fraction of sp³-hybridized carbons (Fsp3) is 0.731. The minimum Gasteiger partial charge on any atom is -0.547 e. The molecule has 0 aliphatic carbocycles. The second-order valence-corrected chi connectivity index (χ2v) is 8.99. The van der Waals surface area contributed by atoms with Gasteiger partial charge in [-0.05, 0) is 20.3 Å². The summed E-state index contributed by atoms with van der Waals surface area (Å²) in [6, 6.07) is 11.8. The first kappa shape index (κ1) is 28.6. The molecule has 30 heavy (non-hydrogen) atoms. The van der Waals surface area contributed by atoms with Crippen LogP contribution in [0.1, 0.15) is 103 Å². The van der Waals surface area contributed by atoms with Crippen LogP contribution in [-0.2, 0) is 4.79 Å². The fourth-order valence-corrected chi connectivity index (χ4v) is 3.64. The lowest BCUT2D eigenvalue weighted by Gasteiger charge is -2.37. The third-order valence-corrected chi connectivity index (χ3v) is 6.02. The van der Waals surface area contributed by atoms with Crippen LogP contribution in [0.4, 0.5) is 0 Å². The van der Waals surface area contributed by atoms with Crippen molar-refractivity contribution in [2.45, 2.75) is 104 Å². The second-order valence-electron chi connectivity index (χ2n) is 8.99. The summed E-state index contributed by atoms with van der Waals surface area (Å²) in [5, 5.41) is 17.3. The van der Waals surface area contributed by atoms with Crippen LogP contribution in [-0.4, -0.2) is 42.3 Å². The Kier molecular flexibility index (Phi) is 16.5. The first-order valence-electron chi connectivity index (χ1n) is 12.0. The van der Waals surface area contributed by atoms with E-state index in [1.54, 1.807) is 0 Å². The van der Waals surface area contributed by atoms with E-state index in [0.29, 0.717) is 6.04 Å². The van der Waals surface area contributed by atoms with Crippen molar-refractivity contribution in [1.29, 1.82) is 0 Å². The van der Waals surface area contributed by atoms with Crippen LogP contribution in [0.3, 0.4) is 0 Å². The Hall–Kier alpha value is -1.39. The van der Waals surface area contributed by atoms with Gasteiger partial charge in [0.05, 0.1) is 32.7 Å². The lowest BCUT2D eigenvalue weighted by molar-refractivity contribution is -0.920. The number of hydrogen-bond acceptors (Lipinski definition) is 3. The molecule has 0 amide bonds. The molecule has 4 heteroatoms. The van der Waals surface area contributed by atoms with Crippen LogP contribution in [0.2, 0.25) is 0 Å². The zero-order valence-corrected chi connectivity index (χ0v) is 20.2. The van der Waals surface area contributed by atoms with Crippen LogP contribution in [0.25, 0.3) is 0 Å². The number of nitrogens with zero attached hydrogens (tertiary/aromatic N) is 1. The van der Waals surface area contributed by atoms with Gasteiger partial charge in [0.2, 0.25) is 0 Å². The molecule has 174 valence electrons. The minimum absolute atomic E-state index is 0.644. The van der Waals surface area contributed by atoms with Crippen LogP contribution >= 0.6 is 0 Å². The lowest BCUT2D eigenvalue weighted by atomic mass is 9.96. The van der Waals surface area contributed by atoms with Gasteiger partial charge in [-0.15, -0.1) is 0 Å². The number of carboxylic acid groups (broad SMARTS) is 1. The van der Waals surface area contributed by atoms with Crippen LogP contribution in [0, 0.1) is 0 Å². The molecule has 0 saturated heterocycles. The van der Waals surface area contributed by atoms with Gasteiger partial charge in [0.25, 0.3) is 0 Å². The largest absolute Gasteiger partial charge is 0.547 e. The molecule has 1 aromatic carbocycles. The fourth-order valence-electron chi connectivity index (χ4n) is 3.64. The SMILES string of the molecule is CC(O)C(=O)[O-].CCCCCCCCCCCCC(c1ccccc1)[N+](C)(C)CC. The predicted octanol–water partition coefficient (Wildman–Crippen LogP) is 5.25. The molecule has 1 N–H and O–H groups in total. The number of quaternary nitrogens is 1. The highest BCUT2D eigenvalue weighted by atomic mass is 16.4. The van der Waals surface area contributed by atoms with E-state index in [4.69, 9.17) is 5.11 Å². The molecule has 1 rings (SSSR count). The number of unbranched alkanes of at least 4 members (excludes halogenated alkanes) is 9. The Labute approximate surface area is 185 Å². The van der Waals surface area contributed by atoms with E-state index in [9.17, 15) is 9.90 Å². The van der Waals surface area contributed by atoms with E-state index < -0.39 is 12.1 Å². The van der Waals surface area contributed by atoms with Crippen molar-refractivity contribution in [2.75, 3.05) is 20.6 Å². The van der Waals surface area contributed by atoms with E-state index in [-0.39, 0.29) is 0 Å². The average molecular weight is 422 g/mol. The molecular weight excluding hydrogens is 374 g/mol. The molecule has 0 aromatic heterocycles. The summed E-state index contributed by atoms with van der Waals surface area (Å²) in [6.07, 6.45) is 14.2. The van der Waals surface area contributed by atoms with Crippen LogP contribution < -0.4 is 5.11 Å². The lowest BCUT2D eigenvalue weighted by Crippen LogP contribution is -2.42. The van der Waals surface area contributed by atoms with Crippen molar-refractivity contribution in [3.05, 3.63) is 35.9 Å². The number of carbonyl (C=O) groups is 1. The van der Waals surface area contributed by atoms with E-state index in [2.05, 4.69) is 58.3 Å². The number of aliphatic hydroxyl groups excluding tert-OH is 1. The molecule has 0 radical (unpaired) electrons.